The maximum absolute atomic E-state index is 6.37. The summed E-state index contributed by atoms with van der Waals surface area (Å²) in [5.41, 5.74) is 1.37. The summed E-state index contributed by atoms with van der Waals surface area (Å²) >= 11 is 0. The Labute approximate surface area is 128 Å². The average Bonchev–Trinajstić information content (AvgIpc) is 3.15. The topological polar surface area (TPSA) is 39.1 Å². The average molecular weight is 291 g/mol. The van der Waals surface area contributed by atoms with E-state index in [0.717, 1.165) is 25.3 Å². The molecule has 4 nitrogen and oxygen atoms in total. The van der Waals surface area contributed by atoms with Gasteiger partial charge in [-0.25, -0.2) is 4.98 Å². The van der Waals surface area contributed by atoms with E-state index < -0.39 is 0 Å². The molecule has 1 aromatic rings. The van der Waals surface area contributed by atoms with Crippen LogP contribution in [0.2, 0.25) is 0 Å². The standard InChI is InChI=1S/C17H29N3O/c1-14(2)9-18-10-15-11-20(13-19-15)12-16-5-8-17(21-16)6-3-4-7-17/h11,13-14,16,18H,3-10,12H2,1-2H3. The molecule has 0 bridgehead atoms. The van der Waals surface area contributed by atoms with Crippen molar-refractivity contribution in [2.75, 3.05) is 6.54 Å². The lowest BCUT2D eigenvalue weighted by Crippen LogP contribution is -2.26. The Morgan fingerprint density at radius 3 is 2.95 bits per heavy atom. The second-order valence-electron chi connectivity index (χ2n) is 7.26. The lowest BCUT2D eigenvalue weighted by molar-refractivity contribution is -0.0418. The lowest BCUT2D eigenvalue weighted by atomic mass is 9.98. The normalized spacial score (nSPS) is 24.4. The minimum Gasteiger partial charge on any atom is -0.370 e. The number of nitrogens with zero attached hydrogens (tertiary/aromatic N) is 2. The summed E-state index contributed by atoms with van der Waals surface area (Å²) in [7, 11) is 0. The van der Waals surface area contributed by atoms with Gasteiger partial charge in [0, 0.05) is 19.3 Å². The monoisotopic (exact) mass is 291 g/mol. The van der Waals surface area contributed by atoms with Gasteiger partial charge >= 0.3 is 0 Å². The summed E-state index contributed by atoms with van der Waals surface area (Å²) in [6.07, 6.45) is 12.2. The molecule has 0 amide bonds. The molecule has 1 N–H and O–H groups in total. The molecule has 0 radical (unpaired) electrons. The first kappa shape index (κ1) is 15.0. The Morgan fingerprint density at radius 2 is 2.19 bits per heavy atom. The van der Waals surface area contributed by atoms with E-state index in [1.54, 1.807) is 0 Å². The molecular formula is C17H29N3O. The van der Waals surface area contributed by atoms with Crippen LogP contribution in [0.25, 0.3) is 0 Å². The third-order valence-corrected chi connectivity index (χ3v) is 4.81. The van der Waals surface area contributed by atoms with Gasteiger partial charge in [0.05, 0.1) is 23.7 Å². The summed E-state index contributed by atoms with van der Waals surface area (Å²) in [4.78, 5) is 4.49. The van der Waals surface area contributed by atoms with E-state index in [0.29, 0.717) is 12.0 Å². The second kappa shape index (κ2) is 6.49. The Hall–Kier alpha value is -0.870. The smallest absolute Gasteiger partial charge is 0.0950 e. The maximum Gasteiger partial charge on any atom is 0.0950 e. The molecule has 2 fully saturated rings. The van der Waals surface area contributed by atoms with Crippen LogP contribution in [-0.2, 0) is 17.8 Å². The van der Waals surface area contributed by atoms with Crippen LogP contribution in [0.4, 0.5) is 0 Å². The van der Waals surface area contributed by atoms with Gasteiger partial charge in [-0.15, -0.1) is 0 Å². The SMILES string of the molecule is CC(C)CNCc1cn(CC2CCC3(CCCC3)O2)cn1. The van der Waals surface area contributed by atoms with E-state index >= 15 is 0 Å². The summed E-state index contributed by atoms with van der Waals surface area (Å²) in [5, 5.41) is 3.44. The van der Waals surface area contributed by atoms with Crippen LogP contribution in [0.1, 0.15) is 58.1 Å². The minimum absolute atomic E-state index is 0.243. The number of imidazole rings is 1. The van der Waals surface area contributed by atoms with Crippen molar-refractivity contribution in [1.29, 1.82) is 0 Å². The van der Waals surface area contributed by atoms with Gasteiger partial charge < -0.3 is 14.6 Å². The zero-order valence-electron chi connectivity index (χ0n) is 13.5. The zero-order chi connectivity index (χ0) is 14.7. The van der Waals surface area contributed by atoms with Gasteiger partial charge in [0.1, 0.15) is 0 Å². The zero-order valence-corrected chi connectivity index (χ0v) is 13.5. The highest BCUT2D eigenvalue weighted by Gasteiger charge is 2.42. The van der Waals surface area contributed by atoms with Crippen molar-refractivity contribution in [3.63, 3.8) is 0 Å². The number of ether oxygens (including phenoxy) is 1. The van der Waals surface area contributed by atoms with Crippen molar-refractivity contribution < 1.29 is 4.74 Å². The van der Waals surface area contributed by atoms with Gasteiger partial charge in [-0.1, -0.05) is 26.7 Å². The van der Waals surface area contributed by atoms with E-state index in [9.17, 15) is 0 Å². The molecule has 2 aliphatic rings. The Bertz CT molecular complexity index is 449. The first-order chi connectivity index (χ1) is 10.2. The highest BCUT2D eigenvalue weighted by Crippen LogP contribution is 2.43. The van der Waals surface area contributed by atoms with E-state index in [4.69, 9.17) is 4.74 Å². The highest BCUT2D eigenvalue weighted by atomic mass is 16.5. The third-order valence-electron chi connectivity index (χ3n) is 4.81. The Balaban J connectivity index is 1.46. The van der Waals surface area contributed by atoms with Crippen LogP contribution in [0.3, 0.4) is 0 Å². The summed E-state index contributed by atoms with van der Waals surface area (Å²) in [6.45, 7) is 7.31. The van der Waals surface area contributed by atoms with Gasteiger partial charge in [-0.2, -0.15) is 0 Å². The largest absolute Gasteiger partial charge is 0.370 e. The molecule has 4 heteroatoms. The van der Waals surface area contributed by atoms with Crippen LogP contribution in [0, 0.1) is 5.92 Å². The van der Waals surface area contributed by atoms with E-state index in [1.807, 2.05) is 6.33 Å². The van der Waals surface area contributed by atoms with Crippen LogP contribution >= 0.6 is 0 Å². The van der Waals surface area contributed by atoms with Crippen LogP contribution in [0.5, 0.6) is 0 Å². The van der Waals surface area contributed by atoms with Gasteiger partial charge in [-0.3, -0.25) is 0 Å². The molecule has 2 heterocycles. The van der Waals surface area contributed by atoms with Crippen molar-refractivity contribution in [3.05, 3.63) is 18.2 Å². The van der Waals surface area contributed by atoms with Gasteiger partial charge in [0.15, 0.2) is 0 Å². The number of nitrogens with one attached hydrogen (secondary N) is 1. The quantitative estimate of drug-likeness (QED) is 0.875. The van der Waals surface area contributed by atoms with E-state index in [2.05, 4.69) is 34.9 Å². The predicted molar refractivity (Wildman–Crippen MR) is 84.1 cm³/mol. The number of hydrogen-bond acceptors (Lipinski definition) is 3. The predicted octanol–water partition coefficient (Wildman–Crippen LogP) is 3.12. The van der Waals surface area contributed by atoms with Crippen molar-refractivity contribution in [1.82, 2.24) is 14.9 Å². The summed E-state index contributed by atoms with van der Waals surface area (Å²) < 4.78 is 8.57. The van der Waals surface area contributed by atoms with Crippen molar-refractivity contribution in [2.24, 2.45) is 5.92 Å². The number of hydrogen-bond donors (Lipinski definition) is 1. The molecule has 1 spiro atoms. The molecule has 1 aliphatic heterocycles. The van der Waals surface area contributed by atoms with Crippen LogP contribution < -0.4 is 5.32 Å². The number of rotatable bonds is 6. The first-order valence-corrected chi connectivity index (χ1v) is 8.54. The molecule has 1 aliphatic carbocycles. The maximum atomic E-state index is 6.37. The van der Waals surface area contributed by atoms with Crippen molar-refractivity contribution in [3.8, 4) is 0 Å². The molecular weight excluding hydrogens is 262 g/mol. The Morgan fingerprint density at radius 1 is 1.38 bits per heavy atom. The van der Waals surface area contributed by atoms with Crippen molar-refractivity contribution in [2.45, 2.75) is 77.2 Å². The van der Waals surface area contributed by atoms with E-state index in [1.165, 1.54) is 38.5 Å². The summed E-state index contributed by atoms with van der Waals surface area (Å²) in [5.74, 6) is 0.682. The molecule has 1 aromatic heterocycles. The molecule has 1 unspecified atom stereocenters. The summed E-state index contributed by atoms with van der Waals surface area (Å²) in [6, 6.07) is 0. The fourth-order valence-corrected chi connectivity index (χ4v) is 3.73. The molecule has 1 saturated carbocycles. The minimum atomic E-state index is 0.243. The fraction of sp³-hybridized carbons (Fsp3) is 0.824. The fourth-order valence-electron chi connectivity index (χ4n) is 3.73. The van der Waals surface area contributed by atoms with Crippen molar-refractivity contribution >= 4 is 0 Å². The van der Waals surface area contributed by atoms with Gasteiger partial charge in [-0.05, 0) is 38.1 Å². The molecule has 21 heavy (non-hydrogen) atoms. The first-order valence-electron chi connectivity index (χ1n) is 8.54. The van der Waals surface area contributed by atoms with Gasteiger partial charge in [0.25, 0.3) is 0 Å². The lowest BCUT2D eigenvalue weighted by Gasteiger charge is -2.23. The Kier molecular flexibility index (Phi) is 4.65. The van der Waals surface area contributed by atoms with Gasteiger partial charge in [0.2, 0.25) is 0 Å². The second-order valence-corrected chi connectivity index (χ2v) is 7.26. The highest BCUT2D eigenvalue weighted by molar-refractivity contribution is 4.98. The molecule has 1 atom stereocenters. The molecule has 3 rings (SSSR count). The molecule has 1 saturated heterocycles. The molecule has 0 aromatic carbocycles. The third kappa shape index (κ3) is 3.86. The van der Waals surface area contributed by atoms with Crippen LogP contribution in [-0.4, -0.2) is 27.8 Å². The van der Waals surface area contributed by atoms with Crippen LogP contribution in [0.15, 0.2) is 12.5 Å². The van der Waals surface area contributed by atoms with E-state index in [-0.39, 0.29) is 5.60 Å². The molecule has 118 valence electrons. The number of aromatic nitrogens is 2.